The van der Waals surface area contributed by atoms with Gasteiger partial charge in [0, 0.05) is 17.6 Å². The topological polar surface area (TPSA) is 108 Å². The Morgan fingerprint density at radius 1 is 1.44 bits per heavy atom. The number of nitrogens with one attached hydrogen (secondary N) is 1. The van der Waals surface area contributed by atoms with E-state index in [4.69, 9.17) is 9.47 Å². The Kier molecular flexibility index (Phi) is 6.20. The van der Waals surface area contributed by atoms with Crippen LogP contribution in [-0.2, 0) is 11.2 Å². The second-order valence-corrected chi connectivity index (χ2v) is 7.64. The lowest BCUT2D eigenvalue weighted by Gasteiger charge is -2.28. The van der Waals surface area contributed by atoms with Gasteiger partial charge in [0.1, 0.15) is 17.0 Å². The van der Waals surface area contributed by atoms with Crippen LogP contribution in [0.2, 0.25) is 0 Å². The molecule has 1 aromatic carbocycles. The molecule has 3 aromatic rings. The van der Waals surface area contributed by atoms with Gasteiger partial charge in [-0.3, -0.25) is 4.79 Å². The maximum atomic E-state index is 14.7. The molecule has 1 aliphatic rings. The van der Waals surface area contributed by atoms with E-state index < -0.39 is 23.9 Å². The molecule has 0 spiro atoms. The Morgan fingerprint density at radius 2 is 2.25 bits per heavy atom. The van der Waals surface area contributed by atoms with Gasteiger partial charge in [-0.1, -0.05) is 19.1 Å². The number of aryl methyl sites for hydroxylation is 1. The van der Waals surface area contributed by atoms with Gasteiger partial charge in [0.25, 0.3) is 5.91 Å². The zero-order chi connectivity index (χ0) is 22.8. The molecule has 2 N–H and O–H groups in total. The molecule has 0 bridgehead atoms. The van der Waals surface area contributed by atoms with Crippen molar-refractivity contribution in [3.63, 3.8) is 0 Å². The van der Waals surface area contributed by atoms with Gasteiger partial charge in [0.2, 0.25) is 0 Å². The number of hydrogen-bond acceptors (Lipinski definition) is 6. The highest BCUT2D eigenvalue weighted by atomic mass is 19.1. The molecule has 0 radical (unpaired) electrons. The third-order valence-electron chi connectivity index (χ3n) is 5.61. The van der Waals surface area contributed by atoms with Gasteiger partial charge in [0.15, 0.2) is 6.20 Å². The lowest BCUT2D eigenvalue weighted by Crippen LogP contribution is -2.48. The number of rotatable bonds is 5. The predicted octanol–water partition coefficient (Wildman–Crippen LogP) is 2.12. The summed E-state index contributed by atoms with van der Waals surface area (Å²) in [6.07, 6.45) is 1.50. The first-order valence-electron chi connectivity index (χ1n) is 10.4. The zero-order valence-corrected chi connectivity index (χ0v) is 17.8. The lowest BCUT2D eigenvalue weighted by atomic mass is 9.99. The van der Waals surface area contributed by atoms with Gasteiger partial charge in [-0.15, -0.1) is 4.73 Å². The summed E-state index contributed by atoms with van der Waals surface area (Å²) >= 11 is 0. The van der Waals surface area contributed by atoms with E-state index in [1.165, 1.54) is 25.4 Å². The van der Waals surface area contributed by atoms with E-state index in [0.717, 1.165) is 0 Å². The number of hydrogen-bond donors (Lipinski definition) is 2. The Hall–Kier alpha value is -3.30. The minimum absolute atomic E-state index is 0.0115. The number of ether oxygens (including phenoxy) is 2. The molecule has 3 heterocycles. The molecular formula is C23H24FN3O5. The van der Waals surface area contributed by atoms with Crippen molar-refractivity contribution in [1.29, 1.82) is 0 Å². The molecule has 4 rings (SSSR count). The maximum Gasteiger partial charge on any atom is 0.382 e. The molecule has 0 unspecified atom stereocenters. The first-order valence-corrected chi connectivity index (χ1v) is 10.4. The van der Waals surface area contributed by atoms with Crippen LogP contribution in [0.25, 0.3) is 22.0 Å². The predicted molar refractivity (Wildman–Crippen MR) is 115 cm³/mol. The molecule has 0 aliphatic carbocycles. The van der Waals surface area contributed by atoms with E-state index in [0.29, 0.717) is 46.3 Å². The maximum absolute atomic E-state index is 14.7. The monoisotopic (exact) mass is 441 g/mol. The summed E-state index contributed by atoms with van der Waals surface area (Å²) in [5.74, 6) is -0.933. The standard InChI is InChI=1S/C23H24FN3O5/c1-3-13-9-14(11-27(30)23(13)31-2)16-10-19(25-21-15(16)5-4-6-17(21)24)22(29)26-18-7-8-32-12-20(18)28/h4-6,9-11,18,20,28H,3,7-8,12H2,1-2H3,(H,26,29)/t18-,20-/m0/s1. The summed E-state index contributed by atoms with van der Waals surface area (Å²) in [7, 11) is 1.42. The number of halogens is 1. The lowest BCUT2D eigenvalue weighted by molar-refractivity contribution is -0.612. The number of carbonyl (C=O) groups is 1. The van der Waals surface area contributed by atoms with E-state index in [9.17, 15) is 19.5 Å². The van der Waals surface area contributed by atoms with Crippen LogP contribution < -0.4 is 14.8 Å². The van der Waals surface area contributed by atoms with Gasteiger partial charge in [0.05, 0.1) is 31.4 Å². The number of methoxy groups -OCH3 is 1. The van der Waals surface area contributed by atoms with Crippen molar-refractivity contribution in [1.82, 2.24) is 10.3 Å². The Balaban J connectivity index is 1.83. The third kappa shape index (κ3) is 4.09. The van der Waals surface area contributed by atoms with Crippen LogP contribution in [0.4, 0.5) is 4.39 Å². The van der Waals surface area contributed by atoms with Crippen LogP contribution >= 0.6 is 0 Å². The molecule has 1 saturated heterocycles. The van der Waals surface area contributed by atoms with Crippen LogP contribution in [0.3, 0.4) is 0 Å². The Morgan fingerprint density at radius 3 is 2.97 bits per heavy atom. The van der Waals surface area contributed by atoms with Gasteiger partial charge in [-0.25, -0.2) is 9.37 Å². The fourth-order valence-corrected chi connectivity index (χ4v) is 3.94. The highest BCUT2D eigenvalue weighted by molar-refractivity contribution is 6.01. The molecular weight excluding hydrogens is 417 g/mol. The molecule has 2 aromatic heterocycles. The number of pyridine rings is 2. The Bertz CT molecular complexity index is 1170. The molecule has 32 heavy (non-hydrogen) atoms. The van der Waals surface area contributed by atoms with Crippen LogP contribution in [0.5, 0.6) is 5.88 Å². The van der Waals surface area contributed by atoms with Gasteiger partial charge < -0.3 is 25.1 Å². The summed E-state index contributed by atoms with van der Waals surface area (Å²) in [6, 6.07) is 7.34. The van der Waals surface area contributed by atoms with Crippen molar-refractivity contribution in [2.24, 2.45) is 0 Å². The van der Waals surface area contributed by atoms with Crippen LogP contribution in [0, 0.1) is 11.0 Å². The van der Waals surface area contributed by atoms with Crippen molar-refractivity contribution in [3.8, 4) is 17.0 Å². The summed E-state index contributed by atoms with van der Waals surface area (Å²) in [6.45, 7) is 2.44. The molecule has 1 aliphatic heterocycles. The number of fused-ring (bicyclic) bond motifs is 1. The Labute approximate surface area is 184 Å². The number of aliphatic hydroxyl groups excluding tert-OH is 1. The summed E-state index contributed by atoms with van der Waals surface area (Å²) in [5.41, 5.74) is 1.69. The average Bonchev–Trinajstić information content (AvgIpc) is 2.79. The van der Waals surface area contributed by atoms with E-state index in [2.05, 4.69) is 10.3 Å². The number of nitrogens with zero attached hydrogens (tertiary/aromatic N) is 2. The minimum Gasteiger partial charge on any atom is -0.616 e. The van der Waals surface area contributed by atoms with Crippen LogP contribution in [0.15, 0.2) is 36.5 Å². The normalized spacial score (nSPS) is 18.5. The van der Waals surface area contributed by atoms with Crippen LogP contribution in [-0.4, -0.2) is 48.5 Å². The number of benzene rings is 1. The van der Waals surface area contributed by atoms with Gasteiger partial charge >= 0.3 is 5.88 Å². The summed E-state index contributed by atoms with van der Waals surface area (Å²) in [5, 5.41) is 25.8. The fraction of sp³-hybridized carbons (Fsp3) is 0.348. The number of aromatic nitrogens is 2. The zero-order valence-electron chi connectivity index (χ0n) is 17.8. The molecule has 9 heteroatoms. The number of aliphatic hydroxyl groups is 1. The summed E-state index contributed by atoms with van der Waals surface area (Å²) in [4.78, 5) is 17.2. The molecule has 8 nitrogen and oxygen atoms in total. The smallest absolute Gasteiger partial charge is 0.382 e. The molecule has 1 fully saturated rings. The SMILES string of the molecule is CCc1cc(-c2cc(C(=O)N[C@H]3CCOC[C@@H]3O)nc3c(F)cccc23)c[n+]([O-])c1OC. The second kappa shape index (κ2) is 9.05. The van der Waals surface area contributed by atoms with Crippen molar-refractivity contribution in [3.05, 3.63) is 58.8 Å². The van der Waals surface area contributed by atoms with E-state index in [1.807, 2.05) is 6.92 Å². The third-order valence-corrected chi connectivity index (χ3v) is 5.61. The van der Waals surface area contributed by atoms with Crippen molar-refractivity contribution < 1.29 is 28.5 Å². The molecule has 168 valence electrons. The first-order chi connectivity index (χ1) is 15.4. The minimum atomic E-state index is -0.836. The van der Waals surface area contributed by atoms with Crippen molar-refractivity contribution in [2.75, 3.05) is 20.3 Å². The number of carbonyl (C=O) groups excluding carboxylic acids is 1. The van der Waals surface area contributed by atoms with Crippen LogP contribution in [0.1, 0.15) is 29.4 Å². The number of amides is 1. The molecule has 2 atom stereocenters. The number of para-hydroxylation sites is 1. The average molecular weight is 441 g/mol. The molecule has 1 amide bonds. The highest BCUT2D eigenvalue weighted by Gasteiger charge is 2.27. The van der Waals surface area contributed by atoms with Gasteiger partial charge in [-0.05, 0) is 36.6 Å². The quantitative estimate of drug-likeness (QED) is 0.464. The van der Waals surface area contributed by atoms with E-state index in [-0.39, 0.29) is 23.7 Å². The van der Waals surface area contributed by atoms with E-state index >= 15 is 0 Å². The first kappa shape index (κ1) is 21.9. The highest BCUT2D eigenvalue weighted by Crippen LogP contribution is 2.31. The fourth-order valence-electron chi connectivity index (χ4n) is 3.94. The van der Waals surface area contributed by atoms with Gasteiger partial charge in [-0.2, -0.15) is 0 Å². The second-order valence-electron chi connectivity index (χ2n) is 7.64. The largest absolute Gasteiger partial charge is 0.616 e. The van der Waals surface area contributed by atoms with Crippen molar-refractivity contribution in [2.45, 2.75) is 31.9 Å². The van der Waals surface area contributed by atoms with E-state index in [1.54, 1.807) is 18.2 Å². The van der Waals surface area contributed by atoms with Crippen molar-refractivity contribution >= 4 is 16.8 Å². The molecule has 0 saturated carbocycles. The summed E-state index contributed by atoms with van der Waals surface area (Å²) < 4.78 is 25.7.